The number of rotatable bonds is 9. The molecular formula is C26H19F6N5O5. The molecule has 0 aliphatic heterocycles. The number of benzene rings is 2. The zero-order chi connectivity index (χ0) is 30.7. The van der Waals surface area contributed by atoms with Gasteiger partial charge in [0, 0.05) is 12.5 Å². The van der Waals surface area contributed by atoms with Crippen LogP contribution in [0.25, 0.3) is 16.9 Å². The van der Waals surface area contributed by atoms with Gasteiger partial charge in [-0.3, -0.25) is 4.79 Å². The Hall–Kier alpha value is -5.15. The Labute approximate surface area is 232 Å². The standard InChI is InChI=1S/C26H19F6N5O5/c1-41-21-11-10-20(35-36-21)37-22(25(27,28)29)18(13-33-37)23(38)34-19(24(39)40)12-14-2-4-15(5-3-14)16-6-8-17(9-7-16)42-26(30,31)32/h2-11,13,19H,12H2,1H3,(H,34,38)(H,39,40). The van der Waals surface area contributed by atoms with E-state index in [1.165, 1.54) is 37.4 Å². The number of hydrogen-bond acceptors (Lipinski definition) is 7. The third-order valence-corrected chi connectivity index (χ3v) is 5.75. The first-order chi connectivity index (χ1) is 19.7. The number of aliphatic carboxylic acids is 1. The first kappa shape index (κ1) is 29.8. The van der Waals surface area contributed by atoms with Crippen molar-refractivity contribution in [3.8, 4) is 28.6 Å². The van der Waals surface area contributed by atoms with Crippen LogP contribution in [0.2, 0.25) is 0 Å². The van der Waals surface area contributed by atoms with Crippen LogP contribution in [0.5, 0.6) is 11.6 Å². The van der Waals surface area contributed by atoms with E-state index < -0.39 is 47.5 Å². The largest absolute Gasteiger partial charge is 0.573 e. The predicted octanol–water partition coefficient (Wildman–Crippen LogP) is 4.68. The van der Waals surface area contributed by atoms with Crippen molar-refractivity contribution in [2.45, 2.75) is 25.0 Å². The number of carbonyl (C=O) groups excluding carboxylic acids is 1. The van der Waals surface area contributed by atoms with Crippen LogP contribution in [0.15, 0.2) is 66.9 Å². The maximum absolute atomic E-state index is 14.0. The summed E-state index contributed by atoms with van der Waals surface area (Å²) in [5.41, 5.74) is -0.891. The van der Waals surface area contributed by atoms with Gasteiger partial charge in [-0.25, -0.2) is 9.48 Å². The SMILES string of the molecule is COc1ccc(-n2ncc(C(=O)NC(Cc3ccc(-c4ccc(OC(F)(F)F)cc4)cc3)C(=O)O)c2C(F)(F)F)nn1. The number of carboxylic acids is 1. The highest BCUT2D eigenvalue weighted by molar-refractivity contribution is 5.97. The first-order valence-electron chi connectivity index (χ1n) is 11.8. The zero-order valence-corrected chi connectivity index (χ0v) is 21.3. The Kier molecular flexibility index (Phi) is 8.35. The fourth-order valence-corrected chi connectivity index (χ4v) is 3.85. The third kappa shape index (κ3) is 7.13. The summed E-state index contributed by atoms with van der Waals surface area (Å²) in [6.07, 6.45) is -9.56. The van der Waals surface area contributed by atoms with Crippen LogP contribution in [-0.4, -0.2) is 56.5 Å². The summed E-state index contributed by atoms with van der Waals surface area (Å²) in [5.74, 6) is -3.57. The quantitative estimate of drug-likeness (QED) is 0.267. The molecule has 0 bridgehead atoms. The van der Waals surface area contributed by atoms with Crippen molar-refractivity contribution in [3.05, 3.63) is 83.7 Å². The van der Waals surface area contributed by atoms with E-state index in [1.54, 1.807) is 12.1 Å². The van der Waals surface area contributed by atoms with Gasteiger partial charge in [0.05, 0.1) is 18.9 Å². The molecule has 1 atom stereocenters. The van der Waals surface area contributed by atoms with E-state index in [0.29, 0.717) is 27.6 Å². The summed E-state index contributed by atoms with van der Waals surface area (Å²) in [6.45, 7) is 0. The fourth-order valence-electron chi connectivity index (χ4n) is 3.85. The average Bonchev–Trinajstić information content (AvgIpc) is 3.39. The normalized spacial score (nSPS) is 12.5. The van der Waals surface area contributed by atoms with Crippen LogP contribution < -0.4 is 14.8 Å². The Morgan fingerprint density at radius 1 is 0.929 bits per heavy atom. The molecule has 10 nitrogen and oxygen atoms in total. The molecule has 2 heterocycles. The van der Waals surface area contributed by atoms with Crippen LogP contribution >= 0.6 is 0 Å². The highest BCUT2D eigenvalue weighted by atomic mass is 19.4. The monoisotopic (exact) mass is 595 g/mol. The number of aromatic nitrogens is 4. The molecule has 220 valence electrons. The highest BCUT2D eigenvalue weighted by Gasteiger charge is 2.41. The predicted molar refractivity (Wildman–Crippen MR) is 132 cm³/mol. The van der Waals surface area contributed by atoms with Gasteiger partial charge in [0.1, 0.15) is 11.8 Å². The summed E-state index contributed by atoms with van der Waals surface area (Å²) >= 11 is 0. The number of halogens is 6. The molecule has 0 saturated heterocycles. The summed E-state index contributed by atoms with van der Waals surface area (Å²) in [4.78, 5) is 24.7. The fraction of sp³-hybridized carbons (Fsp3) is 0.192. The van der Waals surface area contributed by atoms with E-state index in [2.05, 4.69) is 25.3 Å². The van der Waals surface area contributed by atoms with Crippen molar-refractivity contribution < 1.29 is 50.5 Å². The smallest absolute Gasteiger partial charge is 0.480 e. The van der Waals surface area contributed by atoms with Gasteiger partial charge in [-0.2, -0.15) is 18.3 Å². The lowest BCUT2D eigenvalue weighted by Crippen LogP contribution is -2.42. The van der Waals surface area contributed by atoms with E-state index in [4.69, 9.17) is 4.74 Å². The molecule has 0 spiro atoms. The van der Waals surface area contributed by atoms with Gasteiger partial charge in [0.25, 0.3) is 5.91 Å². The molecule has 1 unspecified atom stereocenters. The minimum atomic E-state index is -5.07. The van der Waals surface area contributed by atoms with Gasteiger partial charge < -0.3 is 19.9 Å². The molecule has 0 saturated carbocycles. The van der Waals surface area contributed by atoms with E-state index in [-0.39, 0.29) is 18.1 Å². The molecule has 2 aromatic carbocycles. The maximum Gasteiger partial charge on any atom is 0.573 e. The van der Waals surface area contributed by atoms with E-state index >= 15 is 0 Å². The second kappa shape index (κ2) is 11.8. The maximum atomic E-state index is 14.0. The van der Waals surface area contributed by atoms with Crippen molar-refractivity contribution in [2.75, 3.05) is 7.11 Å². The Morgan fingerprint density at radius 3 is 2.05 bits per heavy atom. The van der Waals surface area contributed by atoms with Gasteiger partial charge >= 0.3 is 18.5 Å². The summed E-state index contributed by atoms with van der Waals surface area (Å²) in [7, 11) is 1.28. The van der Waals surface area contributed by atoms with Gasteiger partial charge in [-0.1, -0.05) is 36.4 Å². The number of alkyl halides is 6. The van der Waals surface area contributed by atoms with E-state index in [9.17, 15) is 41.0 Å². The summed E-state index contributed by atoms with van der Waals surface area (Å²) in [5, 5.41) is 22.5. The van der Waals surface area contributed by atoms with Gasteiger partial charge in [-0.05, 0) is 34.9 Å². The molecule has 4 rings (SSSR count). The van der Waals surface area contributed by atoms with Crippen molar-refractivity contribution in [3.63, 3.8) is 0 Å². The van der Waals surface area contributed by atoms with Crippen molar-refractivity contribution in [1.82, 2.24) is 25.3 Å². The van der Waals surface area contributed by atoms with Crippen LogP contribution in [0.4, 0.5) is 26.3 Å². The second-order valence-corrected chi connectivity index (χ2v) is 8.59. The van der Waals surface area contributed by atoms with Crippen LogP contribution in [0.3, 0.4) is 0 Å². The van der Waals surface area contributed by atoms with Gasteiger partial charge in [0.15, 0.2) is 11.5 Å². The average molecular weight is 595 g/mol. The summed E-state index contributed by atoms with van der Waals surface area (Å²) in [6, 6.07) is 12.0. The number of nitrogens with zero attached hydrogens (tertiary/aromatic N) is 4. The van der Waals surface area contributed by atoms with Crippen LogP contribution in [0, 0.1) is 0 Å². The third-order valence-electron chi connectivity index (χ3n) is 5.75. The molecular weight excluding hydrogens is 576 g/mol. The Morgan fingerprint density at radius 2 is 1.55 bits per heavy atom. The molecule has 42 heavy (non-hydrogen) atoms. The van der Waals surface area contributed by atoms with Gasteiger partial charge in [0.2, 0.25) is 5.88 Å². The zero-order valence-electron chi connectivity index (χ0n) is 21.3. The minimum Gasteiger partial charge on any atom is -0.480 e. The van der Waals surface area contributed by atoms with E-state index in [0.717, 1.165) is 18.2 Å². The molecule has 0 aliphatic rings. The molecule has 2 aromatic heterocycles. The lowest BCUT2D eigenvalue weighted by atomic mass is 10.0. The summed E-state index contributed by atoms with van der Waals surface area (Å²) < 4.78 is 88.0. The topological polar surface area (TPSA) is 128 Å². The lowest BCUT2D eigenvalue weighted by Gasteiger charge is -2.16. The number of carboxylic acid groups (broad SMARTS) is 1. The van der Waals surface area contributed by atoms with Crippen LogP contribution in [-0.2, 0) is 17.4 Å². The van der Waals surface area contributed by atoms with Crippen molar-refractivity contribution in [1.29, 1.82) is 0 Å². The molecule has 0 fully saturated rings. The first-order valence-corrected chi connectivity index (χ1v) is 11.8. The van der Waals surface area contributed by atoms with Crippen molar-refractivity contribution in [2.24, 2.45) is 0 Å². The molecule has 0 radical (unpaired) electrons. The molecule has 1 amide bonds. The van der Waals surface area contributed by atoms with Crippen LogP contribution in [0.1, 0.15) is 21.6 Å². The number of ether oxygens (including phenoxy) is 2. The molecule has 2 N–H and O–H groups in total. The highest BCUT2D eigenvalue weighted by Crippen LogP contribution is 2.33. The van der Waals surface area contributed by atoms with Gasteiger partial charge in [-0.15, -0.1) is 23.4 Å². The van der Waals surface area contributed by atoms with E-state index in [1.807, 2.05) is 0 Å². The Balaban J connectivity index is 1.51. The second-order valence-electron chi connectivity index (χ2n) is 8.59. The Bertz CT molecular complexity index is 1550. The molecule has 0 aliphatic carbocycles. The number of methoxy groups -OCH3 is 1. The number of nitrogens with one attached hydrogen (secondary N) is 1. The van der Waals surface area contributed by atoms with Crippen molar-refractivity contribution >= 4 is 11.9 Å². The lowest BCUT2D eigenvalue weighted by molar-refractivity contribution is -0.274. The molecule has 4 aromatic rings. The minimum absolute atomic E-state index is 0.0307. The number of carbonyl (C=O) groups is 2. The number of hydrogen-bond donors (Lipinski definition) is 2. The number of amides is 1. The molecule has 16 heteroatoms.